The van der Waals surface area contributed by atoms with E-state index < -0.39 is 12.6 Å². The number of rotatable bonds is 4. The Labute approximate surface area is 72.2 Å². The van der Waals surface area contributed by atoms with Crippen molar-refractivity contribution >= 4 is 0 Å². The molecular formula is C9H17F3. The lowest BCUT2D eigenvalue weighted by atomic mass is 9.87. The van der Waals surface area contributed by atoms with Crippen LogP contribution in [-0.4, -0.2) is 6.18 Å². The molecule has 0 amide bonds. The smallest absolute Gasteiger partial charge is 0.171 e. The van der Waals surface area contributed by atoms with E-state index in [1.54, 1.807) is 0 Å². The van der Waals surface area contributed by atoms with Crippen LogP contribution in [0.5, 0.6) is 0 Å². The second kappa shape index (κ2) is 4.73. The first-order valence-electron chi connectivity index (χ1n) is 4.47. The van der Waals surface area contributed by atoms with Gasteiger partial charge in [-0.3, -0.25) is 0 Å². The normalized spacial score (nSPS) is 17.5. The molecule has 0 radical (unpaired) electrons. The minimum atomic E-state index is -4.00. The third-order valence-electron chi connectivity index (χ3n) is 2.47. The Balaban J connectivity index is 3.99. The van der Waals surface area contributed by atoms with Gasteiger partial charge in [-0.05, 0) is 11.8 Å². The van der Waals surface area contributed by atoms with E-state index in [2.05, 4.69) is 0 Å². The van der Waals surface area contributed by atoms with Crippen LogP contribution in [-0.2, 0) is 0 Å². The van der Waals surface area contributed by atoms with Gasteiger partial charge in [-0.1, -0.05) is 33.6 Å². The molecule has 0 aromatic rings. The molecule has 0 aliphatic rings. The van der Waals surface area contributed by atoms with E-state index in [9.17, 15) is 13.2 Å². The third-order valence-corrected chi connectivity index (χ3v) is 2.47. The van der Waals surface area contributed by atoms with Crippen LogP contribution < -0.4 is 0 Å². The zero-order valence-corrected chi connectivity index (χ0v) is 7.91. The molecule has 0 heterocycles. The standard InChI is InChI=1S/C9H17F3/c1-4-7(3)8(5-2)6-9(10,11)12/h7-8H,4-6H2,1-3H3. The molecule has 0 nitrogen and oxygen atoms in total. The van der Waals surface area contributed by atoms with Crippen LogP contribution >= 0.6 is 0 Å². The van der Waals surface area contributed by atoms with E-state index in [-0.39, 0.29) is 11.8 Å². The summed E-state index contributed by atoms with van der Waals surface area (Å²) in [5.41, 5.74) is 0. The van der Waals surface area contributed by atoms with Gasteiger partial charge in [0.05, 0.1) is 0 Å². The van der Waals surface area contributed by atoms with Crippen molar-refractivity contribution in [1.82, 2.24) is 0 Å². The molecule has 2 unspecified atom stereocenters. The van der Waals surface area contributed by atoms with Gasteiger partial charge < -0.3 is 0 Å². The number of hydrogen-bond acceptors (Lipinski definition) is 0. The van der Waals surface area contributed by atoms with Crippen molar-refractivity contribution < 1.29 is 13.2 Å². The second-order valence-corrected chi connectivity index (χ2v) is 3.37. The predicted octanol–water partition coefficient (Wildman–Crippen LogP) is 4.01. The van der Waals surface area contributed by atoms with Crippen molar-refractivity contribution in [3.8, 4) is 0 Å². The first-order valence-corrected chi connectivity index (χ1v) is 4.47. The van der Waals surface area contributed by atoms with Gasteiger partial charge in [0.1, 0.15) is 0 Å². The van der Waals surface area contributed by atoms with Crippen LogP contribution in [0, 0.1) is 11.8 Å². The summed E-state index contributed by atoms with van der Waals surface area (Å²) in [5, 5.41) is 0. The quantitative estimate of drug-likeness (QED) is 0.616. The SMILES string of the molecule is CCC(C)C(CC)CC(F)(F)F. The molecule has 0 fully saturated rings. The van der Waals surface area contributed by atoms with Gasteiger partial charge in [-0.25, -0.2) is 0 Å². The average molecular weight is 182 g/mol. The second-order valence-electron chi connectivity index (χ2n) is 3.37. The van der Waals surface area contributed by atoms with Gasteiger partial charge in [0.25, 0.3) is 0 Å². The minimum absolute atomic E-state index is 0.177. The molecule has 74 valence electrons. The fourth-order valence-corrected chi connectivity index (χ4v) is 1.38. The van der Waals surface area contributed by atoms with Gasteiger partial charge in [-0.2, -0.15) is 13.2 Å². The van der Waals surface area contributed by atoms with Crippen molar-refractivity contribution in [2.24, 2.45) is 11.8 Å². The summed E-state index contributed by atoms with van der Waals surface area (Å²) in [4.78, 5) is 0. The van der Waals surface area contributed by atoms with Gasteiger partial charge >= 0.3 is 6.18 Å². The lowest BCUT2D eigenvalue weighted by Crippen LogP contribution is -2.19. The Morgan fingerprint density at radius 3 is 1.83 bits per heavy atom. The van der Waals surface area contributed by atoms with Gasteiger partial charge in [0, 0.05) is 6.42 Å². The maximum absolute atomic E-state index is 12.0. The molecule has 0 saturated heterocycles. The molecule has 3 heteroatoms. The van der Waals surface area contributed by atoms with Gasteiger partial charge in [0.2, 0.25) is 0 Å². The van der Waals surface area contributed by atoms with Crippen molar-refractivity contribution in [3.63, 3.8) is 0 Å². The molecule has 0 aliphatic heterocycles. The molecule has 0 saturated carbocycles. The first-order chi connectivity index (χ1) is 5.40. The van der Waals surface area contributed by atoms with E-state index in [1.165, 1.54) is 0 Å². The molecule has 0 aromatic carbocycles. The highest BCUT2D eigenvalue weighted by molar-refractivity contribution is 4.67. The van der Waals surface area contributed by atoms with Crippen molar-refractivity contribution in [2.45, 2.75) is 46.2 Å². The van der Waals surface area contributed by atoms with Crippen molar-refractivity contribution in [3.05, 3.63) is 0 Å². The van der Waals surface area contributed by atoms with Crippen LogP contribution in [0.15, 0.2) is 0 Å². The summed E-state index contributed by atoms with van der Waals surface area (Å²) in [5.74, 6) is -0.0216. The Morgan fingerprint density at radius 2 is 1.58 bits per heavy atom. The number of alkyl halides is 3. The fraction of sp³-hybridized carbons (Fsp3) is 1.00. The lowest BCUT2D eigenvalue weighted by molar-refractivity contribution is -0.148. The molecule has 0 rings (SSSR count). The van der Waals surface area contributed by atoms with Crippen molar-refractivity contribution in [1.29, 1.82) is 0 Å². The zero-order valence-electron chi connectivity index (χ0n) is 7.91. The Kier molecular flexibility index (Phi) is 4.64. The van der Waals surface area contributed by atoms with E-state index >= 15 is 0 Å². The minimum Gasteiger partial charge on any atom is -0.171 e. The molecule has 12 heavy (non-hydrogen) atoms. The van der Waals surface area contributed by atoms with E-state index in [4.69, 9.17) is 0 Å². The molecule has 0 aromatic heterocycles. The number of hydrogen-bond donors (Lipinski definition) is 0. The molecule has 0 aliphatic carbocycles. The molecule has 0 spiro atoms. The monoisotopic (exact) mass is 182 g/mol. The summed E-state index contributed by atoms with van der Waals surface area (Å²) in [6.45, 7) is 5.65. The van der Waals surface area contributed by atoms with E-state index in [0.29, 0.717) is 6.42 Å². The Bertz CT molecular complexity index is 117. The fourth-order valence-electron chi connectivity index (χ4n) is 1.38. The molecule has 0 bridgehead atoms. The van der Waals surface area contributed by atoms with E-state index in [0.717, 1.165) is 6.42 Å². The van der Waals surface area contributed by atoms with Gasteiger partial charge in [0.15, 0.2) is 0 Å². The molecule has 0 N–H and O–H groups in total. The van der Waals surface area contributed by atoms with Crippen LogP contribution in [0.4, 0.5) is 13.2 Å². The lowest BCUT2D eigenvalue weighted by Gasteiger charge is -2.22. The molecular weight excluding hydrogens is 165 g/mol. The highest BCUT2D eigenvalue weighted by Gasteiger charge is 2.32. The average Bonchev–Trinajstić information content (AvgIpc) is 1.97. The first kappa shape index (κ1) is 11.8. The van der Waals surface area contributed by atoms with Crippen molar-refractivity contribution in [2.75, 3.05) is 0 Å². The summed E-state index contributed by atoms with van der Waals surface area (Å²) < 4.78 is 36.0. The maximum atomic E-state index is 12.0. The summed E-state index contributed by atoms with van der Waals surface area (Å²) >= 11 is 0. The maximum Gasteiger partial charge on any atom is 0.389 e. The summed E-state index contributed by atoms with van der Waals surface area (Å²) in [6, 6.07) is 0. The highest BCUT2D eigenvalue weighted by Crippen LogP contribution is 2.31. The van der Waals surface area contributed by atoms with Crippen LogP contribution in [0.25, 0.3) is 0 Å². The molecule has 2 atom stereocenters. The Hall–Kier alpha value is -0.210. The Morgan fingerprint density at radius 1 is 1.08 bits per heavy atom. The van der Waals surface area contributed by atoms with Crippen LogP contribution in [0.3, 0.4) is 0 Å². The van der Waals surface area contributed by atoms with Crippen LogP contribution in [0.2, 0.25) is 0 Å². The largest absolute Gasteiger partial charge is 0.389 e. The zero-order chi connectivity index (χ0) is 9.78. The highest BCUT2D eigenvalue weighted by atomic mass is 19.4. The third kappa shape index (κ3) is 4.62. The van der Waals surface area contributed by atoms with Gasteiger partial charge in [-0.15, -0.1) is 0 Å². The number of halogens is 3. The summed E-state index contributed by atoms with van der Waals surface area (Å²) in [7, 11) is 0. The summed E-state index contributed by atoms with van der Waals surface area (Å²) in [6.07, 6.45) is -3.17. The van der Waals surface area contributed by atoms with Crippen LogP contribution in [0.1, 0.15) is 40.0 Å². The van der Waals surface area contributed by atoms with E-state index in [1.807, 2.05) is 20.8 Å². The predicted molar refractivity (Wildman–Crippen MR) is 43.9 cm³/mol. The topological polar surface area (TPSA) is 0 Å².